The van der Waals surface area contributed by atoms with Gasteiger partial charge in [-0.25, -0.2) is 0 Å². The molecule has 6 atom stereocenters. The smallest absolute Gasteiger partial charge is 0.244 e. The van der Waals surface area contributed by atoms with Crippen molar-refractivity contribution in [2.24, 2.45) is 35.1 Å². The number of amides is 2. The SMILES string of the molecule is CC[C@H](C)[C@H](N)C(=O)N1C=CC=CC1CNC(=O)C(CC(O)C(N)CC(C)C)C(C)C. The number of rotatable bonds is 12. The lowest BCUT2D eigenvalue weighted by atomic mass is 9.86. The minimum Gasteiger partial charge on any atom is -0.391 e. The van der Waals surface area contributed by atoms with E-state index < -0.39 is 12.1 Å². The third-order valence-corrected chi connectivity index (χ3v) is 6.21. The number of allylic oxidation sites excluding steroid dienone is 2. The molecule has 1 rings (SSSR count). The minimum absolute atomic E-state index is 0.0549. The Hall–Kier alpha value is -1.70. The molecule has 2 amide bonds. The van der Waals surface area contributed by atoms with Crippen LogP contribution in [0.2, 0.25) is 0 Å². The summed E-state index contributed by atoms with van der Waals surface area (Å²) in [5.74, 6) is -0.129. The molecule has 6 N–H and O–H groups in total. The molecule has 0 saturated heterocycles. The zero-order valence-corrected chi connectivity index (χ0v) is 20.1. The molecule has 0 aromatic heterocycles. The predicted octanol–water partition coefficient (Wildman–Crippen LogP) is 2.15. The lowest BCUT2D eigenvalue weighted by molar-refractivity contribution is -0.133. The van der Waals surface area contributed by atoms with Gasteiger partial charge in [0, 0.05) is 24.7 Å². The van der Waals surface area contributed by atoms with Crippen molar-refractivity contribution in [3.63, 3.8) is 0 Å². The third kappa shape index (κ3) is 8.39. The van der Waals surface area contributed by atoms with Gasteiger partial charge in [0.25, 0.3) is 0 Å². The van der Waals surface area contributed by atoms with Gasteiger partial charge < -0.3 is 26.8 Å². The average molecular weight is 437 g/mol. The van der Waals surface area contributed by atoms with Crippen LogP contribution >= 0.6 is 0 Å². The van der Waals surface area contributed by atoms with Crippen molar-refractivity contribution >= 4 is 11.8 Å². The molecule has 1 aliphatic heterocycles. The first kappa shape index (κ1) is 27.3. The molecular formula is C24H44N4O3. The fourth-order valence-corrected chi connectivity index (χ4v) is 3.77. The van der Waals surface area contributed by atoms with E-state index in [1.165, 1.54) is 0 Å². The van der Waals surface area contributed by atoms with Gasteiger partial charge in [-0.15, -0.1) is 0 Å². The van der Waals surface area contributed by atoms with Crippen LogP contribution in [0, 0.1) is 23.7 Å². The summed E-state index contributed by atoms with van der Waals surface area (Å²) < 4.78 is 0. The molecule has 31 heavy (non-hydrogen) atoms. The Bertz CT molecular complexity index is 632. The van der Waals surface area contributed by atoms with Crippen LogP contribution in [0.1, 0.15) is 60.8 Å². The van der Waals surface area contributed by atoms with Gasteiger partial charge in [0.1, 0.15) is 0 Å². The van der Waals surface area contributed by atoms with E-state index in [1.54, 1.807) is 17.2 Å². The van der Waals surface area contributed by atoms with E-state index >= 15 is 0 Å². The van der Waals surface area contributed by atoms with Crippen molar-refractivity contribution in [2.45, 2.75) is 85.0 Å². The monoisotopic (exact) mass is 436 g/mol. The average Bonchev–Trinajstić information content (AvgIpc) is 2.73. The van der Waals surface area contributed by atoms with Gasteiger partial charge in [0.15, 0.2) is 0 Å². The molecule has 1 aliphatic rings. The number of carbonyl (C=O) groups excluding carboxylic acids is 2. The maximum absolute atomic E-state index is 12.9. The summed E-state index contributed by atoms with van der Waals surface area (Å²) in [5.41, 5.74) is 12.3. The number of aliphatic hydroxyl groups excluding tert-OH is 1. The number of nitrogens with zero attached hydrogens (tertiary/aromatic N) is 1. The minimum atomic E-state index is -0.732. The molecule has 0 aromatic rings. The Morgan fingerprint density at radius 3 is 2.29 bits per heavy atom. The number of hydrogen-bond acceptors (Lipinski definition) is 5. The van der Waals surface area contributed by atoms with Crippen LogP contribution in [0.15, 0.2) is 24.4 Å². The van der Waals surface area contributed by atoms with Crippen molar-refractivity contribution in [2.75, 3.05) is 6.54 Å². The number of nitrogens with two attached hydrogens (primary N) is 2. The first-order valence-corrected chi connectivity index (χ1v) is 11.6. The van der Waals surface area contributed by atoms with Gasteiger partial charge in [-0.05, 0) is 36.7 Å². The van der Waals surface area contributed by atoms with E-state index in [0.29, 0.717) is 18.8 Å². The van der Waals surface area contributed by atoms with Crippen molar-refractivity contribution in [3.8, 4) is 0 Å². The lowest BCUT2D eigenvalue weighted by Crippen LogP contribution is -2.52. The largest absolute Gasteiger partial charge is 0.391 e. The normalized spacial score (nSPS) is 21.1. The second-order valence-electron chi connectivity index (χ2n) is 9.64. The number of hydrogen-bond donors (Lipinski definition) is 4. The third-order valence-electron chi connectivity index (χ3n) is 6.21. The highest BCUT2D eigenvalue weighted by molar-refractivity contribution is 5.84. The highest BCUT2D eigenvalue weighted by atomic mass is 16.3. The molecule has 0 saturated carbocycles. The van der Waals surface area contributed by atoms with Crippen LogP contribution < -0.4 is 16.8 Å². The summed E-state index contributed by atoms with van der Waals surface area (Å²) in [6.45, 7) is 12.3. The van der Waals surface area contributed by atoms with Gasteiger partial charge in [-0.2, -0.15) is 0 Å². The van der Waals surface area contributed by atoms with Gasteiger partial charge in [0.2, 0.25) is 11.8 Å². The Labute approximate surface area is 188 Å². The lowest BCUT2D eigenvalue weighted by Gasteiger charge is -2.33. The van der Waals surface area contributed by atoms with E-state index in [9.17, 15) is 14.7 Å². The zero-order chi connectivity index (χ0) is 23.7. The summed E-state index contributed by atoms with van der Waals surface area (Å²) in [6.07, 6.45) is 8.38. The summed E-state index contributed by atoms with van der Waals surface area (Å²) in [6, 6.07) is -1.23. The number of aliphatic hydroxyl groups is 1. The molecular weight excluding hydrogens is 392 g/mol. The molecule has 1 heterocycles. The van der Waals surface area contributed by atoms with E-state index in [-0.39, 0.29) is 48.2 Å². The van der Waals surface area contributed by atoms with Crippen LogP contribution in [0.25, 0.3) is 0 Å². The number of carbonyl (C=O) groups is 2. The molecule has 0 spiro atoms. The Morgan fingerprint density at radius 2 is 1.74 bits per heavy atom. The van der Waals surface area contributed by atoms with Crippen molar-refractivity contribution in [1.82, 2.24) is 10.2 Å². The van der Waals surface area contributed by atoms with E-state index in [4.69, 9.17) is 11.5 Å². The highest BCUT2D eigenvalue weighted by Gasteiger charge is 2.31. The second-order valence-corrected chi connectivity index (χ2v) is 9.64. The van der Waals surface area contributed by atoms with Crippen LogP contribution in [0.4, 0.5) is 0 Å². The predicted molar refractivity (Wildman–Crippen MR) is 126 cm³/mol. The maximum Gasteiger partial charge on any atom is 0.244 e. The molecule has 7 heteroatoms. The molecule has 0 radical (unpaired) electrons. The standard InChI is InChI=1S/C24H44N4O3/c1-7-17(6)22(26)24(31)28-11-9-8-10-18(28)14-27-23(30)19(16(4)5)13-21(29)20(25)12-15(2)3/h8-11,15-22,29H,7,12-14,25-26H2,1-6H3,(H,27,30)/t17-,18?,19?,20?,21?,22-/m0/s1. The summed E-state index contributed by atoms with van der Waals surface area (Å²) in [5, 5.41) is 13.5. The fraction of sp³-hybridized carbons (Fsp3) is 0.750. The Kier molecular flexibility index (Phi) is 11.5. The quantitative estimate of drug-likeness (QED) is 0.373. The Morgan fingerprint density at radius 1 is 1.10 bits per heavy atom. The van der Waals surface area contributed by atoms with Crippen LogP contribution in [0.5, 0.6) is 0 Å². The summed E-state index contributed by atoms with van der Waals surface area (Å²) in [4.78, 5) is 27.4. The fourth-order valence-electron chi connectivity index (χ4n) is 3.77. The molecule has 0 fully saturated rings. The van der Waals surface area contributed by atoms with Crippen LogP contribution in [0.3, 0.4) is 0 Å². The first-order valence-electron chi connectivity index (χ1n) is 11.6. The second kappa shape index (κ2) is 13.0. The molecule has 0 bridgehead atoms. The van der Waals surface area contributed by atoms with Crippen LogP contribution in [-0.4, -0.2) is 52.6 Å². The van der Waals surface area contributed by atoms with E-state index in [1.807, 2.05) is 39.8 Å². The first-order chi connectivity index (χ1) is 14.5. The topological polar surface area (TPSA) is 122 Å². The molecule has 4 unspecified atom stereocenters. The molecule has 0 aliphatic carbocycles. The van der Waals surface area contributed by atoms with Crippen molar-refractivity contribution in [3.05, 3.63) is 24.4 Å². The van der Waals surface area contributed by atoms with Crippen molar-refractivity contribution < 1.29 is 14.7 Å². The summed E-state index contributed by atoms with van der Waals surface area (Å²) in [7, 11) is 0. The zero-order valence-electron chi connectivity index (χ0n) is 20.1. The Balaban J connectivity index is 2.76. The maximum atomic E-state index is 12.9. The molecule has 0 aromatic carbocycles. The highest BCUT2D eigenvalue weighted by Crippen LogP contribution is 2.21. The van der Waals surface area contributed by atoms with E-state index in [2.05, 4.69) is 19.2 Å². The van der Waals surface area contributed by atoms with Crippen LogP contribution in [-0.2, 0) is 9.59 Å². The van der Waals surface area contributed by atoms with Gasteiger partial charge in [0.05, 0.1) is 18.2 Å². The van der Waals surface area contributed by atoms with Gasteiger partial charge in [-0.3, -0.25) is 9.59 Å². The van der Waals surface area contributed by atoms with Crippen molar-refractivity contribution in [1.29, 1.82) is 0 Å². The summed E-state index contributed by atoms with van der Waals surface area (Å²) >= 11 is 0. The van der Waals surface area contributed by atoms with E-state index in [0.717, 1.165) is 6.42 Å². The van der Waals surface area contributed by atoms with Gasteiger partial charge >= 0.3 is 0 Å². The number of nitrogens with one attached hydrogen (secondary N) is 1. The van der Waals surface area contributed by atoms with Gasteiger partial charge in [-0.1, -0.05) is 60.1 Å². The molecule has 178 valence electrons. The molecule has 7 nitrogen and oxygen atoms in total.